The number of nitrogens with zero attached hydrogens (tertiary/aromatic N) is 1. The zero-order chi connectivity index (χ0) is 11.2. The van der Waals surface area contributed by atoms with Gasteiger partial charge in [0.1, 0.15) is 10.4 Å². The first-order valence-electron chi connectivity index (χ1n) is 6.24. The van der Waals surface area contributed by atoms with Crippen LogP contribution in [0.15, 0.2) is 22.8 Å². The van der Waals surface area contributed by atoms with Gasteiger partial charge in [0.05, 0.1) is 0 Å². The van der Waals surface area contributed by atoms with Gasteiger partial charge in [-0.2, -0.15) is 0 Å². The van der Waals surface area contributed by atoms with Crippen molar-refractivity contribution < 1.29 is 0 Å². The van der Waals surface area contributed by atoms with Crippen LogP contribution >= 0.6 is 15.9 Å². The Morgan fingerprint density at radius 2 is 1.75 bits per heavy atom. The summed E-state index contributed by atoms with van der Waals surface area (Å²) < 4.78 is 0.906. The molecule has 16 heavy (non-hydrogen) atoms. The minimum Gasteiger partial charge on any atom is -0.367 e. The fourth-order valence-corrected chi connectivity index (χ4v) is 2.64. The topological polar surface area (TPSA) is 24.9 Å². The first-order valence-corrected chi connectivity index (χ1v) is 7.03. The Kier molecular flexibility index (Phi) is 4.64. The number of aromatic nitrogens is 1. The molecule has 0 bridgehead atoms. The molecule has 0 spiro atoms. The zero-order valence-electron chi connectivity index (χ0n) is 9.58. The Hall–Kier alpha value is -0.570. The normalized spacial score (nSPS) is 18.8. The average molecular weight is 283 g/mol. The molecule has 1 aliphatic carbocycles. The summed E-state index contributed by atoms with van der Waals surface area (Å²) in [6.45, 7) is 0. The molecule has 1 fully saturated rings. The first-order chi connectivity index (χ1) is 7.84. The standard InChI is InChI=1S/C13H19BrN2/c14-12-9-6-10-13(16-12)15-11-7-4-2-1-3-5-8-11/h6,9-11H,1-5,7-8H2,(H,15,16). The van der Waals surface area contributed by atoms with Crippen LogP contribution in [0.4, 0.5) is 5.82 Å². The SMILES string of the molecule is Brc1cccc(NC2CCCCCCC2)n1. The van der Waals surface area contributed by atoms with Crippen LogP contribution in [0.25, 0.3) is 0 Å². The van der Waals surface area contributed by atoms with Crippen molar-refractivity contribution in [2.24, 2.45) is 0 Å². The fraction of sp³-hybridized carbons (Fsp3) is 0.615. The van der Waals surface area contributed by atoms with E-state index in [0.717, 1.165) is 10.4 Å². The smallest absolute Gasteiger partial charge is 0.127 e. The molecule has 3 heteroatoms. The Bertz CT molecular complexity index is 319. The van der Waals surface area contributed by atoms with E-state index in [1.54, 1.807) is 0 Å². The summed E-state index contributed by atoms with van der Waals surface area (Å²) in [5, 5.41) is 3.55. The molecule has 0 aliphatic heterocycles. The van der Waals surface area contributed by atoms with Crippen molar-refractivity contribution in [3.63, 3.8) is 0 Å². The van der Waals surface area contributed by atoms with E-state index < -0.39 is 0 Å². The molecular formula is C13H19BrN2. The Labute approximate surface area is 106 Å². The van der Waals surface area contributed by atoms with E-state index in [9.17, 15) is 0 Å². The van der Waals surface area contributed by atoms with Crippen LogP contribution in [-0.4, -0.2) is 11.0 Å². The second kappa shape index (κ2) is 6.24. The number of halogens is 1. The van der Waals surface area contributed by atoms with Crippen molar-refractivity contribution in [2.75, 3.05) is 5.32 Å². The molecule has 1 N–H and O–H groups in total. The molecule has 0 saturated heterocycles. The molecule has 0 atom stereocenters. The maximum Gasteiger partial charge on any atom is 0.127 e. The minimum absolute atomic E-state index is 0.613. The summed E-state index contributed by atoms with van der Waals surface area (Å²) >= 11 is 3.40. The molecule has 1 aliphatic rings. The molecule has 1 heterocycles. The van der Waals surface area contributed by atoms with E-state index in [1.807, 2.05) is 18.2 Å². The maximum atomic E-state index is 4.43. The van der Waals surface area contributed by atoms with Gasteiger partial charge in [-0.1, -0.05) is 38.2 Å². The van der Waals surface area contributed by atoms with Crippen LogP contribution in [0.2, 0.25) is 0 Å². The van der Waals surface area contributed by atoms with Gasteiger partial charge >= 0.3 is 0 Å². The molecule has 1 saturated carbocycles. The van der Waals surface area contributed by atoms with Gasteiger partial charge in [-0.3, -0.25) is 0 Å². The lowest BCUT2D eigenvalue weighted by Crippen LogP contribution is -2.21. The van der Waals surface area contributed by atoms with Gasteiger partial charge in [0.25, 0.3) is 0 Å². The summed E-state index contributed by atoms with van der Waals surface area (Å²) in [5.74, 6) is 1.000. The number of nitrogens with one attached hydrogen (secondary N) is 1. The predicted molar refractivity (Wildman–Crippen MR) is 71.7 cm³/mol. The number of anilines is 1. The predicted octanol–water partition coefficient (Wildman–Crippen LogP) is 4.37. The third-order valence-electron chi connectivity index (χ3n) is 3.17. The molecule has 88 valence electrons. The Balaban J connectivity index is 1.91. The minimum atomic E-state index is 0.613. The summed E-state index contributed by atoms with van der Waals surface area (Å²) in [5.41, 5.74) is 0. The van der Waals surface area contributed by atoms with Gasteiger partial charge < -0.3 is 5.32 Å². The van der Waals surface area contributed by atoms with Crippen molar-refractivity contribution in [1.82, 2.24) is 4.98 Å². The Morgan fingerprint density at radius 3 is 2.44 bits per heavy atom. The zero-order valence-corrected chi connectivity index (χ0v) is 11.2. The molecule has 1 aromatic rings. The highest BCUT2D eigenvalue weighted by atomic mass is 79.9. The summed E-state index contributed by atoms with van der Waals surface area (Å²) in [7, 11) is 0. The van der Waals surface area contributed by atoms with Crippen LogP contribution in [0.5, 0.6) is 0 Å². The average Bonchev–Trinajstić information content (AvgIpc) is 2.22. The third-order valence-corrected chi connectivity index (χ3v) is 3.61. The largest absolute Gasteiger partial charge is 0.367 e. The molecule has 0 unspecified atom stereocenters. The molecule has 0 amide bonds. The molecule has 1 aromatic heterocycles. The lowest BCUT2D eigenvalue weighted by molar-refractivity contribution is 0.470. The van der Waals surface area contributed by atoms with Crippen LogP contribution in [-0.2, 0) is 0 Å². The summed E-state index contributed by atoms with van der Waals surface area (Å²) in [6, 6.07) is 6.65. The second-order valence-electron chi connectivity index (χ2n) is 4.53. The van der Waals surface area contributed by atoms with Gasteiger partial charge in [0.2, 0.25) is 0 Å². The monoisotopic (exact) mass is 282 g/mol. The van der Waals surface area contributed by atoms with Gasteiger partial charge in [-0.15, -0.1) is 0 Å². The van der Waals surface area contributed by atoms with Gasteiger partial charge in [0.15, 0.2) is 0 Å². The molecule has 2 rings (SSSR count). The number of hydrogen-bond donors (Lipinski definition) is 1. The fourth-order valence-electron chi connectivity index (χ4n) is 2.30. The van der Waals surface area contributed by atoms with E-state index >= 15 is 0 Å². The van der Waals surface area contributed by atoms with Crippen LogP contribution in [0.3, 0.4) is 0 Å². The quantitative estimate of drug-likeness (QED) is 0.815. The van der Waals surface area contributed by atoms with Crippen molar-refractivity contribution in [1.29, 1.82) is 0 Å². The van der Waals surface area contributed by atoms with E-state index in [1.165, 1.54) is 44.9 Å². The summed E-state index contributed by atoms with van der Waals surface area (Å²) in [6.07, 6.45) is 9.48. The highest BCUT2D eigenvalue weighted by molar-refractivity contribution is 9.10. The lowest BCUT2D eigenvalue weighted by Gasteiger charge is -2.21. The van der Waals surface area contributed by atoms with Crippen molar-refractivity contribution in [3.05, 3.63) is 22.8 Å². The molecule has 0 radical (unpaired) electrons. The van der Waals surface area contributed by atoms with E-state index in [0.29, 0.717) is 6.04 Å². The van der Waals surface area contributed by atoms with Crippen molar-refractivity contribution in [3.8, 4) is 0 Å². The number of rotatable bonds is 2. The van der Waals surface area contributed by atoms with Gasteiger partial charge in [-0.05, 0) is 40.9 Å². The van der Waals surface area contributed by atoms with Gasteiger partial charge in [-0.25, -0.2) is 4.98 Å². The first kappa shape index (κ1) is 11.9. The highest BCUT2D eigenvalue weighted by Crippen LogP contribution is 2.20. The van der Waals surface area contributed by atoms with E-state index in [2.05, 4.69) is 26.2 Å². The van der Waals surface area contributed by atoms with Crippen LogP contribution < -0.4 is 5.32 Å². The lowest BCUT2D eigenvalue weighted by atomic mass is 9.97. The van der Waals surface area contributed by atoms with E-state index in [4.69, 9.17) is 0 Å². The summed E-state index contributed by atoms with van der Waals surface area (Å²) in [4.78, 5) is 4.43. The molecular weight excluding hydrogens is 264 g/mol. The molecule has 2 nitrogen and oxygen atoms in total. The number of hydrogen-bond acceptors (Lipinski definition) is 2. The third kappa shape index (κ3) is 3.78. The van der Waals surface area contributed by atoms with Crippen molar-refractivity contribution >= 4 is 21.7 Å². The maximum absolute atomic E-state index is 4.43. The van der Waals surface area contributed by atoms with Gasteiger partial charge in [0, 0.05) is 6.04 Å². The number of pyridine rings is 1. The van der Waals surface area contributed by atoms with Crippen LogP contribution in [0, 0.1) is 0 Å². The highest BCUT2D eigenvalue weighted by Gasteiger charge is 2.11. The van der Waals surface area contributed by atoms with Crippen molar-refractivity contribution in [2.45, 2.75) is 51.0 Å². The van der Waals surface area contributed by atoms with E-state index in [-0.39, 0.29) is 0 Å². The molecule has 0 aromatic carbocycles. The van der Waals surface area contributed by atoms with Crippen LogP contribution in [0.1, 0.15) is 44.9 Å². The second-order valence-corrected chi connectivity index (χ2v) is 5.34. The Morgan fingerprint density at radius 1 is 1.06 bits per heavy atom.